The molecule has 0 aromatic carbocycles. The second kappa shape index (κ2) is 5.52. The fourth-order valence-electron chi connectivity index (χ4n) is 1.42. The maximum absolute atomic E-state index is 5.82. The smallest absolute Gasteiger partial charge is 0.0625 e. The molecule has 0 aliphatic heterocycles. The van der Waals surface area contributed by atoms with Crippen molar-refractivity contribution in [3.63, 3.8) is 0 Å². The molecule has 0 aliphatic rings. The Morgan fingerprint density at radius 2 is 2.27 bits per heavy atom. The number of aryl methyl sites for hydroxylation is 2. The van der Waals surface area contributed by atoms with Gasteiger partial charge in [0.25, 0.3) is 0 Å². The van der Waals surface area contributed by atoms with Crippen molar-refractivity contribution in [2.75, 3.05) is 12.9 Å². The Morgan fingerprint density at radius 3 is 2.73 bits per heavy atom. The van der Waals surface area contributed by atoms with Crippen LogP contribution in [-0.2, 0) is 20.0 Å². The molecule has 1 heterocycles. The Bertz CT molecular complexity index is 309. The Hall–Kier alpha value is -0.540. The zero-order valence-electron chi connectivity index (χ0n) is 10.00. The highest BCUT2D eigenvalue weighted by molar-refractivity contribution is 6.18. The molecule has 0 saturated heterocycles. The minimum atomic E-state index is 0.395. The van der Waals surface area contributed by atoms with Crippen LogP contribution in [0.2, 0.25) is 0 Å². The van der Waals surface area contributed by atoms with Crippen molar-refractivity contribution in [3.05, 3.63) is 17.5 Å². The lowest BCUT2D eigenvalue weighted by Crippen LogP contribution is -2.30. The summed E-state index contributed by atoms with van der Waals surface area (Å²) >= 11 is 5.82. The summed E-state index contributed by atoms with van der Waals surface area (Å²) < 4.78 is 1.95. The van der Waals surface area contributed by atoms with E-state index in [1.165, 1.54) is 5.69 Å². The highest BCUT2D eigenvalue weighted by Gasteiger charge is 2.11. The van der Waals surface area contributed by atoms with Crippen LogP contribution in [0.4, 0.5) is 0 Å². The van der Waals surface area contributed by atoms with E-state index in [0.717, 1.165) is 18.7 Å². The lowest BCUT2D eigenvalue weighted by Gasteiger charge is -2.22. The predicted octanol–water partition coefficient (Wildman–Crippen LogP) is 2.04. The number of rotatable bonds is 5. The summed E-state index contributed by atoms with van der Waals surface area (Å²) in [6.45, 7) is 5.15. The number of halogens is 1. The minimum Gasteiger partial charge on any atom is -0.297 e. The van der Waals surface area contributed by atoms with Crippen LogP contribution in [0.25, 0.3) is 0 Å². The van der Waals surface area contributed by atoms with Crippen molar-refractivity contribution in [1.82, 2.24) is 14.7 Å². The summed E-state index contributed by atoms with van der Waals surface area (Å²) in [6, 6.07) is 2.56. The van der Waals surface area contributed by atoms with Crippen molar-refractivity contribution < 1.29 is 0 Å². The zero-order chi connectivity index (χ0) is 11.4. The van der Waals surface area contributed by atoms with E-state index >= 15 is 0 Å². The molecule has 1 rings (SSSR count). The summed E-state index contributed by atoms with van der Waals surface area (Å²) in [5, 5.41) is 4.42. The minimum absolute atomic E-state index is 0.395. The highest BCUT2D eigenvalue weighted by atomic mass is 35.5. The molecule has 0 aliphatic carbocycles. The molecule has 0 radical (unpaired) electrons. The fraction of sp³-hybridized carbons (Fsp3) is 0.727. The first-order valence-corrected chi connectivity index (χ1v) is 5.90. The third-order valence-electron chi connectivity index (χ3n) is 2.78. The molecule has 1 aromatic heterocycles. The van der Waals surface area contributed by atoms with Crippen LogP contribution in [0, 0.1) is 0 Å². The van der Waals surface area contributed by atoms with E-state index in [9.17, 15) is 0 Å². The summed E-state index contributed by atoms with van der Waals surface area (Å²) in [7, 11) is 4.08. The fourth-order valence-corrected chi connectivity index (χ4v) is 1.66. The van der Waals surface area contributed by atoms with Crippen LogP contribution in [0.1, 0.15) is 25.2 Å². The summed E-state index contributed by atoms with van der Waals surface area (Å²) in [4.78, 5) is 2.24. The molecular formula is C11H20ClN3. The average molecular weight is 230 g/mol. The SMILES string of the molecule is CCc1cc(CN(C)C(C)CCl)n(C)n1. The zero-order valence-corrected chi connectivity index (χ0v) is 10.8. The van der Waals surface area contributed by atoms with Gasteiger partial charge < -0.3 is 0 Å². The van der Waals surface area contributed by atoms with Crippen molar-refractivity contribution in [2.45, 2.75) is 32.9 Å². The van der Waals surface area contributed by atoms with Crippen LogP contribution in [-0.4, -0.2) is 33.6 Å². The van der Waals surface area contributed by atoms with E-state index in [-0.39, 0.29) is 0 Å². The Labute approximate surface area is 97.0 Å². The largest absolute Gasteiger partial charge is 0.297 e. The van der Waals surface area contributed by atoms with E-state index in [1.807, 2.05) is 11.7 Å². The van der Waals surface area contributed by atoms with Gasteiger partial charge in [0.1, 0.15) is 0 Å². The van der Waals surface area contributed by atoms with Crippen LogP contribution in [0.5, 0.6) is 0 Å². The van der Waals surface area contributed by atoms with Gasteiger partial charge >= 0.3 is 0 Å². The van der Waals surface area contributed by atoms with Gasteiger partial charge in [-0.25, -0.2) is 0 Å². The number of aromatic nitrogens is 2. The number of hydrogen-bond acceptors (Lipinski definition) is 2. The number of hydrogen-bond donors (Lipinski definition) is 0. The number of alkyl halides is 1. The van der Waals surface area contributed by atoms with E-state index in [1.54, 1.807) is 0 Å². The van der Waals surface area contributed by atoms with Gasteiger partial charge in [-0.15, -0.1) is 11.6 Å². The summed E-state index contributed by atoms with van der Waals surface area (Å²) in [5.74, 6) is 0.662. The second-order valence-corrected chi connectivity index (χ2v) is 4.33. The first-order valence-electron chi connectivity index (χ1n) is 5.36. The maximum atomic E-state index is 5.82. The molecule has 3 nitrogen and oxygen atoms in total. The first kappa shape index (κ1) is 12.5. The van der Waals surface area contributed by atoms with Crippen molar-refractivity contribution in [1.29, 1.82) is 0 Å². The molecule has 0 fully saturated rings. The van der Waals surface area contributed by atoms with E-state index in [0.29, 0.717) is 11.9 Å². The molecule has 1 unspecified atom stereocenters. The molecular weight excluding hydrogens is 210 g/mol. The quantitative estimate of drug-likeness (QED) is 0.721. The van der Waals surface area contributed by atoms with Crippen molar-refractivity contribution in [3.8, 4) is 0 Å². The third kappa shape index (κ3) is 3.21. The van der Waals surface area contributed by atoms with Gasteiger partial charge in [-0.2, -0.15) is 5.10 Å². The van der Waals surface area contributed by atoms with Gasteiger partial charge in [-0.05, 0) is 26.5 Å². The van der Waals surface area contributed by atoms with Crippen LogP contribution >= 0.6 is 11.6 Å². The molecule has 0 spiro atoms. The highest BCUT2D eigenvalue weighted by Crippen LogP contribution is 2.09. The Morgan fingerprint density at radius 1 is 1.60 bits per heavy atom. The monoisotopic (exact) mass is 229 g/mol. The lowest BCUT2D eigenvalue weighted by molar-refractivity contribution is 0.261. The standard InChI is InChI=1S/C11H20ClN3/c1-5-10-6-11(15(4)13-10)8-14(3)9(2)7-12/h6,9H,5,7-8H2,1-4H3. The van der Waals surface area contributed by atoms with Crippen LogP contribution < -0.4 is 0 Å². The van der Waals surface area contributed by atoms with E-state index in [2.05, 4.69) is 37.0 Å². The topological polar surface area (TPSA) is 21.1 Å². The molecule has 0 bridgehead atoms. The Kier molecular flexibility index (Phi) is 4.61. The van der Waals surface area contributed by atoms with E-state index < -0.39 is 0 Å². The average Bonchev–Trinajstić information content (AvgIpc) is 2.58. The van der Waals surface area contributed by atoms with E-state index in [4.69, 9.17) is 11.6 Å². The second-order valence-electron chi connectivity index (χ2n) is 4.02. The van der Waals surface area contributed by atoms with Gasteiger partial charge in [0.15, 0.2) is 0 Å². The molecule has 4 heteroatoms. The van der Waals surface area contributed by atoms with Crippen molar-refractivity contribution in [2.24, 2.45) is 7.05 Å². The van der Waals surface area contributed by atoms with Gasteiger partial charge in [0.05, 0.1) is 11.4 Å². The number of nitrogens with zero attached hydrogens (tertiary/aromatic N) is 3. The van der Waals surface area contributed by atoms with Gasteiger partial charge in [-0.1, -0.05) is 6.92 Å². The van der Waals surface area contributed by atoms with Crippen LogP contribution in [0.3, 0.4) is 0 Å². The molecule has 0 N–H and O–H groups in total. The van der Waals surface area contributed by atoms with Gasteiger partial charge in [-0.3, -0.25) is 9.58 Å². The van der Waals surface area contributed by atoms with Gasteiger partial charge in [0.2, 0.25) is 0 Å². The summed E-state index contributed by atoms with van der Waals surface area (Å²) in [6.07, 6.45) is 0.989. The Balaban J connectivity index is 2.67. The van der Waals surface area contributed by atoms with Crippen molar-refractivity contribution >= 4 is 11.6 Å². The molecule has 15 heavy (non-hydrogen) atoms. The molecule has 1 aromatic rings. The summed E-state index contributed by atoms with van der Waals surface area (Å²) in [5.41, 5.74) is 2.39. The normalized spacial score (nSPS) is 13.5. The molecule has 1 atom stereocenters. The van der Waals surface area contributed by atoms with Gasteiger partial charge in [0, 0.05) is 25.5 Å². The first-order chi connectivity index (χ1) is 7.08. The molecule has 0 saturated carbocycles. The lowest BCUT2D eigenvalue weighted by atomic mass is 10.2. The maximum Gasteiger partial charge on any atom is 0.0625 e. The van der Waals surface area contributed by atoms with Crippen LogP contribution in [0.15, 0.2) is 6.07 Å². The molecule has 86 valence electrons. The third-order valence-corrected chi connectivity index (χ3v) is 3.22. The predicted molar refractivity (Wildman–Crippen MR) is 64.2 cm³/mol. The molecule has 0 amide bonds.